The smallest absolute Gasteiger partial charge is 0.240 e. The Labute approximate surface area is 148 Å². The van der Waals surface area contributed by atoms with Gasteiger partial charge in [0, 0.05) is 5.69 Å². The van der Waals surface area contributed by atoms with E-state index in [1.54, 1.807) is 24.3 Å². The van der Waals surface area contributed by atoms with Crippen LogP contribution in [-0.4, -0.2) is 11.8 Å². The summed E-state index contributed by atoms with van der Waals surface area (Å²) in [5, 5.41) is 5.75. The molecule has 0 saturated heterocycles. The van der Waals surface area contributed by atoms with Gasteiger partial charge in [-0.15, -0.1) is 0 Å². The molecule has 1 saturated carbocycles. The summed E-state index contributed by atoms with van der Waals surface area (Å²) in [5.74, 6) is -1.39. The van der Waals surface area contributed by atoms with Crippen LogP contribution in [0.5, 0.6) is 0 Å². The van der Waals surface area contributed by atoms with Crippen molar-refractivity contribution < 1.29 is 14.0 Å². The van der Waals surface area contributed by atoms with Gasteiger partial charge in [0.15, 0.2) is 0 Å². The fourth-order valence-corrected chi connectivity index (χ4v) is 2.69. The number of nitrogens with one attached hydrogen (secondary N) is 2. The minimum absolute atomic E-state index is 0.217. The standard InChI is InChI=1S/C17H13Cl2FN2O2/c18-12-5-2-6-13(14(12)19)22-16(24)17(7-8-17)15(23)21-11-4-1-3-10(20)9-11/h1-6,9H,7-8H2,(H,21,23)(H,22,24). The molecule has 2 amide bonds. The molecule has 0 bridgehead atoms. The van der Waals surface area contributed by atoms with Gasteiger partial charge in [-0.2, -0.15) is 0 Å². The molecule has 24 heavy (non-hydrogen) atoms. The zero-order valence-corrected chi connectivity index (χ0v) is 13.9. The highest BCUT2D eigenvalue weighted by molar-refractivity contribution is 6.44. The van der Waals surface area contributed by atoms with E-state index in [4.69, 9.17) is 23.2 Å². The van der Waals surface area contributed by atoms with Gasteiger partial charge in [-0.1, -0.05) is 35.3 Å². The Balaban J connectivity index is 1.74. The summed E-state index contributed by atoms with van der Waals surface area (Å²) in [4.78, 5) is 24.9. The number of carbonyl (C=O) groups excluding carboxylic acids is 2. The minimum Gasteiger partial charge on any atom is -0.325 e. The second kappa shape index (κ2) is 6.42. The molecule has 124 valence electrons. The van der Waals surface area contributed by atoms with E-state index in [-0.39, 0.29) is 5.02 Å². The number of halogens is 3. The maximum absolute atomic E-state index is 13.2. The summed E-state index contributed by atoms with van der Waals surface area (Å²) < 4.78 is 13.2. The first-order valence-electron chi connectivity index (χ1n) is 7.25. The van der Waals surface area contributed by atoms with Crippen LogP contribution >= 0.6 is 23.2 Å². The first-order valence-corrected chi connectivity index (χ1v) is 8.00. The summed E-state index contributed by atoms with van der Waals surface area (Å²) in [6, 6.07) is 10.4. The molecule has 1 fully saturated rings. The molecule has 3 rings (SSSR count). The van der Waals surface area contributed by atoms with Crippen molar-refractivity contribution in [2.24, 2.45) is 5.41 Å². The lowest BCUT2D eigenvalue weighted by atomic mass is 10.0. The molecule has 0 aromatic heterocycles. The van der Waals surface area contributed by atoms with Gasteiger partial charge in [-0.3, -0.25) is 9.59 Å². The number of hydrogen-bond acceptors (Lipinski definition) is 2. The number of benzene rings is 2. The highest BCUT2D eigenvalue weighted by Crippen LogP contribution is 2.48. The topological polar surface area (TPSA) is 58.2 Å². The Kier molecular flexibility index (Phi) is 4.47. The van der Waals surface area contributed by atoms with E-state index in [2.05, 4.69) is 10.6 Å². The van der Waals surface area contributed by atoms with E-state index in [0.29, 0.717) is 29.2 Å². The highest BCUT2D eigenvalue weighted by Gasteiger charge is 2.56. The Hall–Kier alpha value is -2.11. The number of anilines is 2. The van der Waals surface area contributed by atoms with Crippen molar-refractivity contribution in [3.63, 3.8) is 0 Å². The lowest BCUT2D eigenvalue weighted by Crippen LogP contribution is -2.35. The predicted molar refractivity (Wildman–Crippen MR) is 91.8 cm³/mol. The normalized spacial score (nSPS) is 14.8. The quantitative estimate of drug-likeness (QED) is 0.783. The third-order valence-corrected chi connectivity index (χ3v) is 4.72. The van der Waals surface area contributed by atoms with Crippen LogP contribution in [0.1, 0.15) is 12.8 Å². The molecular formula is C17H13Cl2FN2O2. The second-order valence-electron chi connectivity index (χ2n) is 5.60. The Bertz CT molecular complexity index is 822. The van der Waals surface area contributed by atoms with Gasteiger partial charge in [0.25, 0.3) is 0 Å². The summed E-state index contributed by atoms with van der Waals surface area (Å²) in [7, 11) is 0. The molecule has 0 radical (unpaired) electrons. The molecule has 0 unspecified atom stereocenters. The van der Waals surface area contributed by atoms with Gasteiger partial charge in [0.05, 0.1) is 15.7 Å². The third-order valence-electron chi connectivity index (χ3n) is 3.90. The number of rotatable bonds is 4. The van der Waals surface area contributed by atoms with Crippen molar-refractivity contribution in [2.75, 3.05) is 10.6 Å². The Morgan fingerprint density at radius 2 is 1.67 bits per heavy atom. The molecule has 2 aromatic rings. The molecule has 0 atom stereocenters. The Morgan fingerprint density at radius 1 is 1.00 bits per heavy atom. The molecule has 7 heteroatoms. The molecule has 2 N–H and O–H groups in total. The average Bonchev–Trinajstić information content (AvgIpc) is 3.34. The minimum atomic E-state index is -1.17. The molecule has 1 aliphatic rings. The maximum Gasteiger partial charge on any atom is 0.240 e. The number of amides is 2. The molecular weight excluding hydrogens is 354 g/mol. The van der Waals surface area contributed by atoms with E-state index in [0.717, 1.165) is 0 Å². The van der Waals surface area contributed by atoms with Crippen molar-refractivity contribution in [2.45, 2.75) is 12.8 Å². The SMILES string of the molecule is O=C(Nc1cccc(F)c1)C1(C(=O)Nc2cccc(Cl)c2Cl)CC1. The van der Waals surface area contributed by atoms with E-state index in [1.807, 2.05) is 0 Å². The molecule has 0 aliphatic heterocycles. The summed E-state index contributed by atoms with van der Waals surface area (Å²) in [6.45, 7) is 0. The van der Waals surface area contributed by atoms with Gasteiger partial charge in [-0.25, -0.2) is 4.39 Å². The van der Waals surface area contributed by atoms with Crippen LogP contribution in [0.15, 0.2) is 42.5 Å². The van der Waals surface area contributed by atoms with Crippen molar-refractivity contribution in [1.82, 2.24) is 0 Å². The first kappa shape index (κ1) is 16.7. The van der Waals surface area contributed by atoms with Crippen LogP contribution in [0.2, 0.25) is 10.0 Å². The molecule has 2 aromatic carbocycles. The van der Waals surface area contributed by atoms with Crippen molar-refractivity contribution in [3.05, 3.63) is 58.3 Å². The first-order chi connectivity index (χ1) is 11.4. The molecule has 1 aliphatic carbocycles. The molecule has 0 spiro atoms. The second-order valence-corrected chi connectivity index (χ2v) is 6.39. The van der Waals surface area contributed by atoms with Crippen molar-refractivity contribution in [1.29, 1.82) is 0 Å². The van der Waals surface area contributed by atoms with Crippen LogP contribution < -0.4 is 10.6 Å². The van der Waals surface area contributed by atoms with Gasteiger partial charge in [0.2, 0.25) is 11.8 Å². The number of carbonyl (C=O) groups is 2. The van der Waals surface area contributed by atoms with Crippen LogP contribution in [0.25, 0.3) is 0 Å². The summed E-state index contributed by atoms with van der Waals surface area (Å²) in [6.07, 6.45) is 0.830. The largest absolute Gasteiger partial charge is 0.325 e. The summed E-state index contributed by atoms with van der Waals surface area (Å²) >= 11 is 12.0. The average molecular weight is 367 g/mol. The van der Waals surface area contributed by atoms with E-state index < -0.39 is 23.0 Å². The lowest BCUT2D eigenvalue weighted by Gasteiger charge is -2.16. The Morgan fingerprint density at radius 3 is 2.33 bits per heavy atom. The maximum atomic E-state index is 13.2. The number of hydrogen-bond donors (Lipinski definition) is 2. The highest BCUT2D eigenvalue weighted by atomic mass is 35.5. The van der Waals surface area contributed by atoms with Crippen molar-refractivity contribution >= 4 is 46.4 Å². The van der Waals surface area contributed by atoms with E-state index in [1.165, 1.54) is 18.2 Å². The molecule has 0 heterocycles. The van der Waals surface area contributed by atoms with Gasteiger partial charge in [-0.05, 0) is 43.2 Å². The van der Waals surface area contributed by atoms with E-state index >= 15 is 0 Å². The van der Waals surface area contributed by atoms with Gasteiger partial charge >= 0.3 is 0 Å². The van der Waals surface area contributed by atoms with Crippen LogP contribution in [0, 0.1) is 11.2 Å². The zero-order chi connectivity index (χ0) is 17.3. The monoisotopic (exact) mass is 366 g/mol. The van der Waals surface area contributed by atoms with Crippen LogP contribution in [-0.2, 0) is 9.59 Å². The van der Waals surface area contributed by atoms with E-state index in [9.17, 15) is 14.0 Å². The fourth-order valence-electron chi connectivity index (χ4n) is 2.34. The zero-order valence-electron chi connectivity index (χ0n) is 12.4. The van der Waals surface area contributed by atoms with Crippen LogP contribution in [0.4, 0.5) is 15.8 Å². The lowest BCUT2D eigenvalue weighted by molar-refractivity contribution is -0.131. The van der Waals surface area contributed by atoms with Gasteiger partial charge < -0.3 is 10.6 Å². The summed E-state index contributed by atoms with van der Waals surface area (Å²) in [5.41, 5.74) is -0.517. The molecule has 4 nitrogen and oxygen atoms in total. The third kappa shape index (κ3) is 3.23. The predicted octanol–water partition coefficient (Wildman–Crippen LogP) is 4.49. The van der Waals surface area contributed by atoms with Crippen LogP contribution in [0.3, 0.4) is 0 Å². The van der Waals surface area contributed by atoms with Crippen molar-refractivity contribution in [3.8, 4) is 0 Å². The van der Waals surface area contributed by atoms with Gasteiger partial charge in [0.1, 0.15) is 11.2 Å². The fraction of sp³-hybridized carbons (Fsp3) is 0.176.